The van der Waals surface area contributed by atoms with Crippen molar-refractivity contribution < 1.29 is 20.1 Å². The Bertz CT molecular complexity index is 694. The predicted octanol–water partition coefficient (Wildman–Crippen LogP) is 1.90. The molecule has 0 fully saturated rings. The van der Waals surface area contributed by atoms with Gasteiger partial charge in [0.05, 0.1) is 11.2 Å². The number of aromatic amines is 1. The maximum absolute atomic E-state index is 11.0. The third-order valence-electron chi connectivity index (χ3n) is 2.76. The second-order valence-electron chi connectivity index (χ2n) is 4.51. The van der Waals surface area contributed by atoms with Crippen molar-refractivity contribution in [2.75, 3.05) is 0 Å². The number of aliphatic carboxylic acids is 1. The van der Waals surface area contributed by atoms with Gasteiger partial charge in [-0.2, -0.15) is 4.98 Å². The Morgan fingerprint density at radius 1 is 1.29 bits per heavy atom. The van der Waals surface area contributed by atoms with Crippen molar-refractivity contribution in [2.45, 2.75) is 33.1 Å². The number of aromatic nitrogens is 2. The maximum Gasteiger partial charge on any atom is 0.345 e. The molecule has 2 rings (SSSR count). The first-order valence-corrected chi connectivity index (χ1v) is 6.49. The largest absolute Gasteiger partial charge is 0.504 e. The van der Waals surface area contributed by atoms with Crippen LogP contribution in [0.5, 0.6) is 11.5 Å². The first-order chi connectivity index (χ1) is 9.85. The van der Waals surface area contributed by atoms with Gasteiger partial charge >= 0.3 is 11.7 Å². The van der Waals surface area contributed by atoms with Gasteiger partial charge in [-0.05, 0) is 19.4 Å². The minimum atomic E-state index is -0.693. The van der Waals surface area contributed by atoms with E-state index in [0.29, 0.717) is 23.0 Å². The molecule has 0 aliphatic carbocycles. The fourth-order valence-electron chi connectivity index (χ4n) is 1.66. The highest BCUT2D eigenvalue weighted by atomic mass is 16.4. The predicted molar refractivity (Wildman–Crippen MR) is 77.6 cm³/mol. The number of aryl methyl sites for hydroxylation is 1. The number of rotatable bonds is 3. The normalized spacial score (nSPS) is 10.0. The van der Waals surface area contributed by atoms with Crippen LogP contribution in [0.2, 0.25) is 0 Å². The van der Waals surface area contributed by atoms with Crippen molar-refractivity contribution in [1.82, 2.24) is 9.97 Å². The van der Waals surface area contributed by atoms with Gasteiger partial charge in [-0.25, -0.2) is 4.79 Å². The molecule has 21 heavy (non-hydrogen) atoms. The summed E-state index contributed by atoms with van der Waals surface area (Å²) in [5.41, 5.74) is 0.497. The lowest BCUT2D eigenvalue weighted by Gasteiger charge is -2.02. The van der Waals surface area contributed by atoms with Crippen LogP contribution in [-0.4, -0.2) is 31.3 Å². The molecule has 0 aliphatic heterocycles. The monoisotopic (exact) mass is 294 g/mol. The molecular formula is C14H18N2O5. The summed E-state index contributed by atoms with van der Waals surface area (Å²) in [6.07, 6.45) is 2.08. The lowest BCUT2D eigenvalue weighted by molar-refractivity contribution is -0.137. The van der Waals surface area contributed by atoms with E-state index in [9.17, 15) is 19.8 Å². The summed E-state index contributed by atoms with van der Waals surface area (Å²) >= 11 is 0. The number of unbranched alkanes of at least 4 members (excludes halogenated alkanes) is 1. The first-order valence-electron chi connectivity index (χ1n) is 6.49. The van der Waals surface area contributed by atoms with Crippen LogP contribution in [-0.2, 0) is 4.79 Å². The summed E-state index contributed by atoms with van der Waals surface area (Å²) in [6, 6.07) is 2.66. The summed E-state index contributed by atoms with van der Waals surface area (Å²) in [6.45, 7) is 3.64. The number of aromatic hydroxyl groups is 2. The SMILES string of the molecule is CCCCC(=O)O.Cc1nc(=O)[nH]c2cc(O)c(O)cc12. The van der Waals surface area contributed by atoms with Crippen molar-refractivity contribution in [2.24, 2.45) is 0 Å². The van der Waals surface area contributed by atoms with E-state index in [-0.39, 0.29) is 11.5 Å². The van der Waals surface area contributed by atoms with Crippen LogP contribution in [0.15, 0.2) is 16.9 Å². The average molecular weight is 294 g/mol. The highest BCUT2D eigenvalue weighted by molar-refractivity contribution is 5.83. The summed E-state index contributed by atoms with van der Waals surface area (Å²) in [5.74, 6) is -1.19. The van der Waals surface area contributed by atoms with E-state index in [1.807, 2.05) is 6.92 Å². The minimum Gasteiger partial charge on any atom is -0.504 e. The van der Waals surface area contributed by atoms with Gasteiger partial charge in [-0.3, -0.25) is 4.79 Å². The zero-order chi connectivity index (χ0) is 16.0. The Hall–Kier alpha value is -2.57. The number of phenols is 2. The molecule has 0 atom stereocenters. The van der Waals surface area contributed by atoms with Crippen LogP contribution >= 0.6 is 0 Å². The van der Waals surface area contributed by atoms with Gasteiger partial charge < -0.3 is 20.3 Å². The quantitative estimate of drug-likeness (QED) is 0.641. The molecule has 114 valence electrons. The molecule has 2 aromatic rings. The summed E-state index contributed by atoms with van der Waals surface area (Å²) in [7, 11) is 0. The van der Waals surface area contributed by atoms with Crippen LogP contribution in [0.4, 0.5) is 0 Å². The van der Waals surface area contributed by atoms with Crippen LogP contribution in [0.1, 0.15) is 31.9 Å². The average Bonchev–Trinajstić information content (AvgIpc) is 2.39. The summed E-state index contributed by atoms with van der Waals surface area (Å²) in [5, 5.41) is 27.1. The number of phenolic OH excluding ortho intramolecular Hbond substituents is 2. The Morgan fingerprint density at radius 3 is 2.43 bits per heavy atom. The highest BCUT2D eigenvalue weighted by Gasteiger charge is 2.05. The molecule has 0 radical (unpaired) electrons. The van der Waals surface area contributed by atoms with Crippen molar-refractivity contribution in [1.29, 1.82) is 0 Å². The minimum absolute atomic E-state index is 0.227. The fourth-order valence-corrected chi connectivity index (χ4v) is 1.66. The van der Waals surface area contributed by atoms with Gasteiger partial charge in [0.15, 0.2) is 11.5 Å². The Kier molecular flexibility index (Phi) is 5.71. The maximum atomic E-state index is 11.0. The van der Waals surface area contributed by atoms with E-state index >= 15 is 0 Å². The molecule has 0 saturated carbocycles. The Balaban J connectivity index is 0.000000270. The van der Waals surface area contributed by atoms with Crippen molar-refractivity contribution >= 4 is 16.9 Å². The van der Waals surface area contributed by atoms with E-state index in [1.54, 1.807) is 6.92 Å². The molecule has 0 aliphatic rings. The number of carbonyl (C=O) groups is 1. The zero-order valence-corrected chi connectivity index (χ0v) is 11.9. The van der Waals surface area contributed by atoms with Gasteiger partial charge in [0, 0.05) is 17.9 Å². The van der Waals surface area contributed by atoms with Crippen molar-refractivity contribution in [3.8, 4) is 11.5 Å². The van der Waals surface area contributed by atoms with E-state index in [4.69, 9.17) is 5.11 Å². The first kappa shape index (κ1) is 16.5. The molecule has 0 spiro atoms. The van der Waals surface area contributed by atoms with Crippen molar-refractivity contribution in [3.63, 3.8) is 0 Å². The molecule has 7 heteroatoms. The molecule has 0 bridgehead atoms. The number of fused-ring (bicyclic) bond motifs is 1. The van der Waals surface area contributed by atoms with Crippen LogP contribution in [0.3, 0.4) is 0 Å². The van der Waals surface area contributed by atoms with E-state index in [1.165, 1.54) is 12.1 Å². The second kappa shape index (κ2) is 7.28. The topological polar surface area (TPSA) is 124 Å². The summed E-state index contributed by atoms with van der Waals surface area (Å²) < 4.78 is 0. The Labute approximate surface area is 120 Å². The van der Waals surface area contributed by atoms with Gasteiger partial charge in [0.2, 0.25) is 0 Å². The molecule has 4 N–H and O–H groups in total. The molecule has 0 saturated heterocycles. The highest BCUT2D eigenvalue weighted by Crippen LogP contribution is 2.29. The van der Waals surface area contributed by atoms with Gasteiger partial charge in [0.1, 0.15) is 0 Å². The molecule has 1 aromatic heterocycles. The third kappa shape index (κ3) is 4.79. The number of carboxylic acids is 1. The van der Waals surface area contributed by atoms with Crippen LogP contribution in [0, 0.1) is 6.92 Å². The molecule has 1 heterocycles. The molecule has 0 amide bonds. The number of nitrogens with zero attached hydrogens (tertiary/aromatic N) is 1. The van der Waals surface area contributed by atoms with Crippen LogP contribution in [0.25, 0.3) is 10.9 Å². The number of nitrogens with one attached hydrogen (secondary N) is 1. The molecule has 7 nitrogen and oxygen atoms in total. The van der Waals surface area contributed by atoms with Gasteiger partial charge in [-0.1, -0.05) is 13.3 Å². The van der Waals surface area contributed by atoms with Gasteiger partial charge in [0.25, 0.3) is 0 Å². The van der Waals surface area contributed by atoms with E-state index in [2.05, 4.69) is 9.97 Å². The number of benzene rings is 1. The van der Waals surface area contributed by atoms with Crippen LogP contribution < -0.4 is 5.69 Å². The standard InChI is InChI=1S/C9H8N2O3.C5H10O2/c1-4-5-2-7(12)8(13)3-6(5)11-9(14)10-4;1-2-3-4-5(6)7/h2-3,12-13H,1H3,(H,10,11,14);2-4H2,1H3,(H,6,7). The van der Waals surface area contributed by atoms with E-state index in [0.717, 1.165) is 12.8 Å². The fraction of sp³-hybridized carbons (Fsp3) is 0.357. The van der Waals surface area contributed by atoms with Crippen molar-refractivity contribution in [3.05, 3.63) is 28.3 Å². The molecular weight excluding hydrogens is 276 g/mol. The van der Waals surface area contributed by atoms with E-state index < -0.39 is 11.7 Å². The zero-order valence-electron chi connectivity index (χ0n) is 11.9. The Morgan fingerprint density at radius 2 is 1.90 bits per heavy atom. The molecule has 1 aromatic carbocycles. The second-order valence-corrected chi connectivity index (χ2v) is 4.51. The third-order valence-corrected chi connectivity index (χ3v) is 2.76. The number of hydrogen-bond acceptors (Lipinski definition) is 5. The summed E-state index contributed by atoms with van der Waals surface area (Å²) in [4.78, 5) is 26.9. The van der Waals surface area contributed by atoms with Gasteiger partial charge in [-0.15, -0.1) is 0 Å². The lowest BCUT2D eigenvalue weighted by atomic mass is 10.2. The number of H-pyrrole nitrogens is 1. The number of carboxylic acid groups (broad SMARTS) is 1. The molecule has 0 unspecified atom stereocenters. The number of hydrogen-bond donors (Lipinski definition) is 4. The smallest absolute Gasteiger partial charge is 0.345 e. The lowest BCUT2D eigenvalue weighted by Crippen LogP contribution is -2.11.